The second kappa shape index (κ2) is 4.48. The molecule has 0 radical (unpaired) electrons. The molecule has 1 aromatic rings. The minimum Gasteiger partial charge on any atom is -0.340 e. The first-order valence-corrected chi connectivity index (χ1v) is 5.44. The van der Waals surface area contributed by atoms with Crippen molar-refractivity contribution in [3.8, 4) is 6.07 Å². The molecule has 86 valence electrons. The van der Waals surface area contributed by atoms with Crippen molar-refractivity contribution in [2.24, 2.45) is 0 Å². The summed E-state index contributed by atoms with van der Waals surface area (Å²) in [6.07, 6.45) is 0. The number of amides is 1. The van der Waals surface area contributed by atoms with Crippen LogP contribution in [0.25, 0.3) is 0 Å². The van der Waals surface area contributed by atoms with Crippen molar-refractivity contribution in [3.63, 3.8) is 0 Å². The van der Waals surface area contributed by atoms with Crippen molar-refractivity contribution in [1.82, 2.24) is 4.90 Å². The van der Waals surface area contributed by atoms with E-state index in [1.165, 1.54) is 4.90 Å². The topological polar surface area (TPSA) is 56.1 Å². The number of carbonyl (C=O) groups excluding carboxylic acids is 1. The fourth-order valence-electron chi connectivity index (χ4n) is 1.71. The summed E-state index contributed by atoms with van der Waals surface area (Å²) < 4.78 is 0. The number of halogens is 1. The van der Waals surface area contributed by atoms with E-state index in [4.69, 9.17) is 16.9 Å². The van der Waals surface area contributed by atoms with Gasteiger partial charge in [0.05, 0.1) is 22.4 Å². The summed E-state index contributed by atoms with van der Waals surface area (Å²) in [6.45, 7) is 1.65. The van der Waals surface area contributed by atoms with Gasteiger partial charge in [0, 0.05) is 0 Å². The van der Waals surface area contributed by atoms with Crippen LogP contribution in [0.1, 0.15) is 17.3 Å². The SMILES string of the molecule is C/C(Cl)=C1/Nc2ccccc2C(=O)N1CC#N. The van der Waals surface area contributed by atoms with Crippen LogP contribution in [0.2, 0.25) is 0 Å². The molecule has 5 heteroatoms. The van der Waals surface area contributed by atoms with Gasteiger partial charge in [0.1, 0.15) is 12.4 Å². The van der Waals surface area contributed by atoms with Crippen molar-refractivity contribution in [3.05, 3.63) is 40.7 Å². The Morgan fingerprint density at radius 2 is 2.24 bits per heavy atom. The maximum absolute atomic E-state index is 12.2. The maximum atomic E-state index is 12.2. The van der Waals surface area contributed by atoms with Gasteiger partial charge in [-0.25, -0.2) is 0 Å². The predicted molar refractivity (Wildman–Crippen MR) is 65.3 cm³/mol. The normalized spacial score (nSPS) is 17.0. The Bertz CT molecular complexity index is 541. The van der Waals surface area contributed by atoms with E-state index in [1.807, 2.05) is 12.1 Å². The fourth-order valence-corrected chi connectivity index (χ4v) is 1.86. The van der Waals surface area contributed by atoms with Gasteiger partial charge in [0.15, 0.2) is 0 Å². The van der Waals surface area contributed by atoms with Crippen LogP contribution in [-0.4, -0.2) is 17.4 Å². The van der Waals surface area contributed by atoms with Gasteiger partial charge in [-0.15, -0.1) is 0 Å². The number of hydrogen-bond acceptors (Lipinski definition) is 3. The fraction of sp³-hybridized carbons (Fsp3) is 0.167. The molecule has 4 nitrogen and oxygen atoms in total. The van der Waals surface area contributed by atoms with Crippen LogP contribution in [0, 0.1) is 11.3 Å². The van der Waals surface area contributed by atoms with Gasteiger partial charge < -0.3 is 5.32 Å². The van der Waals surface area contributed by atoms with Crippen molar-refractivity contribution in [1.29, 1.82) is 5.26 Å². The molecule has 0 unspecified atom stereocenters. The number of para-hydroxylation sites is 1. The lowest BCUT2D eigenvalue weighted by Gasteiger charge is -2.30. The lowest BCUT2D eigenvalue weighted by Crippen LogP contribution is -2.38. The Balaban J connectivity index is 2.53. The number of fused-ring (bicyclic) bond motifs is 1. The van der Waals surface area contributed by atoms with Crippen LogP contribution in [0.5, 0.6) is 0 Å². The highest BCUT2D eigenvalue weighted by Gasteiger charge is 2.28. The molecule has 1 aliphatic rings. The van der Waals surface area contributed by atoms with Crippen LogP contribution >= 0.6 is 11.6 Å². The van der Waals surface area contributed by atoms with Gasteiger partial charge in [-0.3, -0.25) is 9.69 Å². The molecule has 0 saturated heterocycles. The molecule has 0 atom stereocenters. The third-order valence-corrected chi connectivity index (χ3v) is 2.66. The quantitative estimate of drug-likeness (QED) is 0.776. The first-order valence-electron chi connectivity index (χ1n) is 5.06. The van der Waals surface area contributed by atoms with Gasteiger partial charge in [0.25, 0.3) is 5.91 Å². The number of nitrogens with one attached hydrogen (secondary N) is 1. The van der Waals surface area contributed by atoms with Crippen LogP contribution in [-0.2, 0) is 0 Å². The average Bonchev–Trinajstić information content (AvgIpc) is 2.32. The molecule has 1 aromatic carbocycles. The molecule has 0 aliphatic carbocycles. The number of allylic oxidation sites excluding steroid dienone is 1. The Morgan fingerprint density at radius 1 is 1.53 bits per heavy atom. The van der Waals surface area contributed by atoms with Crippen molar-refractivity contribution < 1.29 is 4.79 Å². The lowest BCUT2D eigenvalue weighted by atomic mass is 10.1. The second-order valence-corrected chi connectivity index (χ2v) is 4.17. The second-order valence-electron chi connectivity index (χ2n) is 3.60. The molecular weight excluding hydrogens is 238 g/mol. The number of anilines is 1. The Kier molecular flexibility index (Phi) is 3.03. The van der Waals surface area contributed by atoms with Gasteiger partial charge in [-0.2, -0.15) is 5.26 Å². The number of nitriles is 1. The maximum Gasteiger partial charge on any atom is 0.262 e. The van der Waals surface area contributed by atoms with Gasteiger partial charge >= 0.3 is 0 Å². The molecule has 0 aromatic heterocycles. The number of benzene rings is 1. The molecule has 0 bridgehead atoms. The van der Waals surface area contributed by atoms with E-state index in [9.17, 15) is 4.79 Å². The first-order chi connectivity index (χ1) is 8.15. The molecule has 1 N–H and O–H groups in total. The Labute approximate surface area is 104 Å². The summed E-state index contributed by atoms with van der Waals surface area (Å²) in [6, 6.07) is 9.09. The molecule has 0 spiro atoms. The number of nitrogens with zero attached hydrogens (tertiary/aromatic N) is 2. The first kappa shape index (κ1) is 11.5. The predicted octanol–water partition coefficient (Wildman–Crippen LogP) is 2.51. The van der Waals surface area contributed by atoms with E-state index in [2.05, 4.69) is 5.32 Å². The number of carbonyl (C=O) groups is 1. The van der Waals surface area contributed by atoms with Crippen LogP contribution in [0.3, 0.4) is 0 Å². The summed E-state index contributed by atoms with van der Waals surface area (Å²) in [7, 11) is 0. The highest BCUT2D eigenvalue weighted by molar-refractivity contribution is 6.30. The molecule has 2 rings (SSSR count). The summed E-state index contributed by atoms with van der Waals surface area (Å²) in [5.41, 5.74) is 1.26. The third kappa shape index (κ3) is 1.97. The van der Waals surface area contributed by atoms with Crippen LogP contribution in [0.15, 0.2) is 35.1 Å². The van der Waals surface area contributed by atoms with Crippen molar-refractivity contribution >= 4 is 23.2 Å². The number of rotatable bonds is 1. The summed E-state index contributed by atoms with van der Waals surface area (Å²) in [5, 5.41) is 12.3. The molecular formula is C12H10ClN3O. The summed E-state index contributed by atoms with van der Waals surface area (Å²) >= 11 is 5.93. The zero-order valence-electron chi connectivity index (χ0n) is 9.20. The molecule has 17 heavy (non-hydrogen) atoms. The van der Waals surface area contributed by atoms with Gasteiger partial charge in [-0.1, -0.05) is 23.7 Å². The monoisotopic (exact) mass is 247 g/mol. The molecule has 1 aliphatic heterocycles. The van der Waals surface area contributed by atoms with E-state index < -0.39 is 0 Å². The Hall–Kier alpha value is -1.99. The van der Waals surface area contributed by atoms with E-state index >= 15 is 0 Å². The minimum atomic E-state index is -0.212. The molecule has 0 fully saturated rings. The smallest absolute Gasteiger partial charge is 0.262 e. The van der Waals surface area contributed by atoms with E-state index in [1.54, 1.807) is 25.1 Å². The van der Waals surface area contributed by atoms with Gasteiger partial charge in [-0.05, 0) is 19.1 Å². The standard InChI is InChI=1S/C12H10ClN3O/c1-8(13)11-15-10-5-3-2-4-9(10)12(17)16(11)7-6-14/h2-5,15H,7H2,1H3/b11-8+. The zero-order chi connectivity index (χ0) is 12.4. The third-order valence-electron chi connectivity index (χ3n) is 2.48. The van der Waals surface area contributed by atoms with E-state index in [0.29, 0.717) is 22.1 Å². The molecule has 0 saturated carbocycles. The minimum absolute atomic E-state index is 0.0282. The van der Waals surface area contributed by atoms with Crippen LogP contribution < -0.4 is 5.32 Å². The zero-order valence-corrected chi connectivity index (χ0v) is 9.95. The summed E-state index contributed by atoms with van der Waals surface area (Å²) in [4.78, 5) is 13.5. The highest BCUT2D eigenvalue weighted by Crippen LogP contribution is 2.28. The number of hydrogen-bond donors (Lipinski definition) is 1. The van der Waals surface area contributed by atoms with E-state index in [0.717, 1.165) is 0 Å². The van der Waals surface area contributed by atoms with Crippen molar-refractivity contribution in [2.75, 3.05) is 11.9 Å². The average molecular weight is 248 g/mol. The summed E-state index contributed by atoms with van der Waals surface area (Å²) in [5.74, 6) is 0.257. The highest BCUT2D eigenvalue weighted by atomic mass is 35.5. The van der Waals surface area contributed by atoms with Crippen LogP contribution in [0.4, 0.5) is 5.69 Å². The molecule has 1 amide bonds. The van der Waals surface area contributed by atoms with E-state index in [-0.39, 0.29) is 12.5 Å². The largest absolute Gasteiger partial charge is 0.340 e. The van der Waals surface area contributed by atoms with Gasteiger partial charge in [0.2, 0.25) is 0 Å². The lowest BCUT2D eigenvalue weighted by molar-refractivity contribution is 0.0816. The Morgan fingerprint density at radius 3 is 2.88 bits per heavy atom. The van der Waals surface area contributed by atoms with Crippen molar-refractivity contribution in [2.45, 2.75) is 6.92 Å². The molecule has 1 heterocycles.